The van der Waals surface area contributed by atoms with Gasteiger partial charge in [-0.3, -0.25) is 14.9 Å². The van der Waals surface area contributed by atoms with Gasteiger partial charge in [0, 0.05) is 18.7 Å². The fourth-order valence-electron chi connectivity index (χ4n) is 3.35. The van der Waals surface area contributed by atoms with Crippen molar-refractivity contribution in [1.29, 1.82) is 0 Å². The molecule has 0 spiro atoms. The molecule has 2 aromatic carbocycles. The van der Waals surface area contributed by atoms with E-state index >= 15 is 0 Å². The number of anilines is 2. The Kier molecular flexibility index (Phi) is 5.99. The van der Waals surface area contributed by atoms with Crippen LogP contribution in [0.3, 0.4) is 0 Å². The molecule has 3 aromatic rings. The van der Waals surface area contributed by atoms with Crippen molar-refractivity contribution in [2.45, 2.75) is 25.1 Å². The molecule has 0 saturated carbocycles. The van der Waals surface area contributed by atoms with Crippen LogP contribution >= 0.6 is 0 Å². The molecule has 8 nitrogen and oxygen atoms in total. The zero-order valence-electron chi connectivity index (χ0n) is 16.8. The number of ether oxygens (including phenoxy) is 1. The number of nitrogens with zero attached hydrogens (tertiary/aromatic N) is 3. The quantitative estimate of drug-likeness (QED) is 0.558. The van der Waals surface area contributed by atoms with E-state index in [-0.39, 0.29) is 37.2 Å². The summed E-state index contributed by atoms with van der Waals surface area (Å²) in [5, 5.41) is 10.1. The van der Waals surface area contributed by atoms with Crippen LogP contribution in [-0.2, 0) is 16.0 Å². The number of aromatic nitrogens is 2. The second kappa shape index (κ2) is 8.88. The summed E-state index contributed by atoms with van der Waals surface area (Å²) >= 11 is 0. The Morgan fingerprint density at radius 2 is 1.82 bits per heavy atom. The van der Waals surface area contributed by atoms with Crippen LogP contribution in [0.25, 0.3) is 0 Å². The Bertz CT molecular complexity index is 1150. The van der Waals surface area contributed by atoms with Crippen LogP contribution in [-0.4, -0.2) is 34.9 Å². The van der Waals surface area contributed by atoms with Crippen LogP contribution in [0, 0.1) is 5.82 Å². The Hall–Kier alpha value is -3.96. The molecule has 2 amide bonds. The summed E-state index contributed by atoms with van der Waals surface area (Å²) < 4.78 is 59.1. The molecule has 172 valence electrons. The standard InChI is InChI=1S/C21H16F4N4O4/c22-14-3-1-12(2-4-14)9-17(30)26-20-28-27-19(32-20)13-10-18(31)29(11-13)15-5-7-16(8-6-15)33-21(23,24)25/h1-8,13H,9-11H2,(H,26,28,30)/t13-/m1/s1. The lowest BCUT2D eigenvalue weighted by Crippen LogP contribution is -2.24. The van der Waals surface area contributed by atoms with Crippen molar-refractivity contribution in [3.8, 4) is 5.75 Å². The highest BCUT2D eigenvalue weighted by Gasteiger charge is 2.35. The molecule has 0 bridgehead atoms. The summed E-state index contributed by atoms with van der Waals surface area (Å²) in [4.78, 5) is 25.9. The van der Waals surface area contributed by atoms with Crippen LogP contribution in [0.15, 0.2) is 52.9 Å². The maximum absolute atomic E-state index is 13.0. The first kappa shape index (κ1) is 22.2. The minimum atomic E-state index is -4.81. The smallest absolute Gasteiger partial charge is 0.407 e. The molecule has 1 saturated heterocycles. The van der Waals surface area contributed by atoms with Crippen LogP contribution in [0.2, 0.25) is 0 Å². The number of hydrogen-bond acceptors (Lipinski definition) is 6. The summed E-state index contributed by atoms with van der Waals surface area (Å²) in [6, 6.07) is 10.2. The van der Waals surface area contributed by atoms with E-state index in [1.807, 2.05) is 0 Å². The van der Waals surface area contributed by atoms with Gasteiger partial charge < -0.3 is 14.1 Å². The van der Waals surface area contributed by atoms with Crippen LogP contribution in [0.1, 0.15) is 23.8 Å². The summed E-state index contributed by atoms with van der Waals surface area (Å²) in [6.07, 6.45) is -4.78. The van der Waals surface area contributed by atoms with Crippen molar-refractivity contribution in [2.24, 2.45) is 0 Å². The van der Waals surface area contributed by atoms with Crippen LogP contribution in [0.4, 0.5) is 29.3 Å². The third-order valence-corrected chi connectivity index (χ3v) is 4.82. The Labute approximate surface area is 184 Å². The highest BCUT2D eigenvalue weighted by Crippen LogP contribution is 2.33. The molecule has 0 radical (unpaired) electrons. The van der Waals surface area contributed by atoms with Gasteiger partial charge in [0.1, 0.15) is 11.6 Å². The van der Waals surface area contributed by atoms with Gasteiger partial charge in [0.25, 0.3) is 0 Å². The predicted octanol–water partition coefficient (Wildman–Crippen LogP) is 3.81. The summed E-state index contributed by atoms with van der Waals surface area (Å²) in [7, 11) is 0. The maximum atomic E-state index is 13.0. The minimum absolute atomic E-state index is 0.0261. The Morgan fingerprint density at radius 3 is 2.48 bits per heavy atom. The number of amides is 2. The van der Waals surface area contributed by atoms with Gasteiger partial charge in [-0.25, -0.2) is 4.39 Å². The van der Waals surface area contributed by atoms with Gasteiger partial charge in [0.15, 0.2) is 0 Å². The Balaban J connectivity index is 1.36. The molecule has 1 N–H and O–H groups in total. The van der Waals surface area contributed by atoms with Gasteiger partial charge in [-0.1, -0.05) is 17.2 Å². The topological polar surface area (TPSA) is 97.6 Å². The largest absolute Gasteiger partial charge is 0.573 e. The molecule has 0 unspecified atom stereocenters. The van der Waals surface area contributed by atoms with E-state index in [1.165, 1.54) is 41.3 Å². The van der Waals surface area contributed by atoms with Gasteiger partial charge in [0.2, 0.25) is 17.7 Å². The number of benzene rings is 2. The number of rotatable bonds is 6. The Morgan fingerprint density at radius 1 is 1.12 bits per heavy atom. The molecule has 1 aliphatic rings. The van der Waals surface area contributed by atoms with E-state index < -0.39 is 29.8 Å². The van der Waals surface area contributed by atoms with E-state index in [0.717, 1.165) is 12.1 Å². The highest BCUT2D eigenvalue weighted by molar-refractivity contribution is 5.96. The average molecular weight is 464 g/mol. The fourth-order valence-corrected chi connectivity index (χ4v) is 3.35. The molecular formula is C21H16F4N4O4. The fraction of sp³-hybridized carbons (Fsp3) is 0.238. The lowest BCUT2D eigenvalue weighted by atomic mass is 10.1. The zero-order chi connectivity index (χ0) is 23.6. The monoisotopic (exact) mass is 464 g/mol. The summed E-state index contributed by atoms with van der Waals surface area (Å²) in [6.45, 7) is 0.170. The third kappa shape index (κ3) is 5.64. The lowest BCUT2D eigenvalue weighted by Gasteiger charge is -2.17. The third-order valence-electron chi connectivity index (χ3n) is 4.82. The van der Waals surface area contributed by atoms with E-state index in [2.05, 4.69) is 20.3 Å². The first-order chi connectivity index (χ1) is 15.7. The van der Waals surface area contributed by atoms with Crippen molar-refractivity contribution in [3.05, 3.63) is 65.8 Å². The average Bonchev–Trinajstić information content (AvgIpc) is 3.36. The molecule has 12 heteroatoms. The highest BCUT2D eigenvalue weighted by atomic mass is 19.4. The molecule has 1 aromatic heterocycles. The zero-order valence-corrected chi connectivity index (χ0v) is 16.8. The molecular weight excluding hydrogens is 448 g/mol. The second-order valence-electron chi connectivity index (χ2n) is 7.24. The molecule has 1 fully saturated rings. The first-order valence-electron chi connectivity index (χ1n) is 9.70. The molecule has 2 heterocycles. The molecule has 1 aliphatic heterocycles. The summed E-state index contributed by atoms with van der Waals surface area (Å²) in [5.74, 6) is -1.84. The van der Waals surface area contributed by atoms with Crippen molar-refractivity contribution in [3.63, 3.8) is 0 Å². The van der Waals surface area contributed by atoms with Gasteiger partial charge in [-0.15, -0.1) is 18.3 Å². The van der Waals surface area contributed by atoms with Crippen molar-refractivity contribution >= 4 is 23.5 Å². The number of hydrogen-bond donors (Lipinski definition) is 1. The van der Waals surface area contributed by atoms with Gasteiger partial charge in [-0.05, 0) is 42.0 Å². The summed E-state index contributed by atoms with van der Waals surface area (Å²) in [5.41, 5.74) is 0.988. The molecule has 0 aliphatic carbocycles. The van der Waals surface area contributed by atoms with Gasteiger partial charge in [0.05, 0.1) is 12.3 Å². The van der Waals surface area contributed by atoms with Crippen LogP contribution < -0.4 is 15.0 Å². The van der Waals surface area contributed by atoms with Crippen molar-refractivity contribution < 1.29 is 36.3 Å². The van der Waals surface area contributed by atoms with E-state index in [9.17, 15) is 27.2 Å². The van der Waals surface area contributed by atoms with E-state index in [4.69, 9.17) is 4.42 Å². The number of nitrogens with one attached hydrogen (secondary N) is 1. The molecule has 1 atom stereocenters. The molecule has 33 heavy (non-hydrogen) atoms. The SMILES string of the molecule is O=C(Cc1ccc(F)cc1)Nc1nnc([C@@H]2CC(=O)N(c3ccc(OC(F)(F)F)cc3)C2)o1. The van der Waals surface area contributed by atoms with Gasteiger partial charge in [-0.2, -0.15) is 0 Å². The number of carbonyl (C=O) groups excluding carboxylic acids is 2. The first-order valence-corrected chi connectivity index (χ1v) is 9.70. The second-order valence-corrected chi connectivity index (χ2v) is 7.24. The predicted molar refractivity (Wildman–Crippen MR) is 106 cm³/mol. The lowest BCUT2D eigenvalue weighted by molar-refractivity contribution is -0.274. The van der Waals surface area contributed by atoms with Gasteiger partial charge >= 0.3 is 12.4 Å². The van der Waals surface area contributed by atoms with Crippen molar-refractivity contribution in [2.75, 3.05) is 16.8 Å². The van der Waals surface area contributed by atoms with E-state index in [0.29, 0.717) is 11.3 Å². The van der Waals surface area contributed by atoms with Crippen molar-refractivity contribution in [1.82, 2.24) is 10.2 Å². The molecule has 4 rings (SSSR count). The van der Waals surface area contributed by atoms with Crippen LogP contribution in [0.5, 0.6) is 5.75 Å². The number of carbonyl (C=O) groups is 2. The minimum Gasteiger partial charge on any atom is -0.407 e. The number of halogens is 4. The number of alkyl halides is 3. The van der Waals surface area contributed by atoms with E-state index in [1.54, 1.807) is 0 Å². The maximum Gasteiger partial charge on any atom is 0.573 e. The normalized spacial score (nSPS) is 16.2.